The molecule has 0 aliphatic rings. The fourth-order valence-corrected chi connectivity index (χ4v) is 3.73. The molecule has 4 rings (SSSR count). The lowest BCUT2D eigenvalue weighted by atomic mass is 9.97. The second-order valence-corrected chi connectivity index (χ2v) is 7.47. The van der Waals surface area contributed by atoms with Crippen molar-refractivity contribution in [1.82, 2.24) is 5.43 Å². The maximum absolute atomic E-state index is 12.2. The van der Waals surface area contributed by atoms with Crippen molar-refractivity contribution >= 4 is 49.6 Å². The number of rotatable bonds is 6. The Bertz CT molecular complexity index is 1200. The molecule has 0 radical (unpaired) electrons. The Hall–Kier alpha value is -3.38. The van der Waals surface area contributed by atoms with Crippen LogP contribution < -0.4 is 14.9 Å². The van der Waals surface area contributed by atoms with E-state index in [1.165, 1.54) is 0 Å². The summed E-state index contributed by atoms with van der Waals surface area (Å²) in [6, 6.07) is 23.7. The molecule has 0 saturated carbocycles. The van der Waals surface area contributed by atoms with Gasteiger partial charge in [0.15, 0.2) is 6.61 Å². The van der Waals surface area contributed by atoms with E-state index in [1.54, 1.807) is 31.5 Å². The van der Waals surface area contributed by atoms with E-state index >= 15 is 0 Å². The van der Waals surface area contributed by atoms with Gasteiger partial charge in [0.05, 0.1) is 17.8 Å². The van der Waals surface area contributed by atoms with Gasteiger partial charge >= 0.3 is 0 Å². The minimum absolute atomic E-state index is 0.154. The van der Waals surface area contributed by atoms with E-state index in [0.717, 1.165) is 27.1 Å². The van der Waals surface area contributed by atoms with Crippen LogP contribution in [-0.4, -0.2) is 25.8 Å². The van der Waals surface area contributed by atoms with Gasteiger partial charge in [-0.1, -0.05) is 48.5 Å². The van der Waals surface area contributed by atoms with Gasteiger partial charge in [0.1, 0.15) is 11.5 Å². The molecular weight excluding hydrogens is 444 g/mol. The third-order valence-electron chi connectivity index (χ3n) is 4.69. The average Bonchev–Trinajstić information content (AvgIpc) is 2.77. The Labute approximate surface area is 182 Å². The molecule has 1 amide bonds. The Morgan fingerprint density at radius 3 is 2.30 bits per heavy atom. The summed E-state index contributed by atoms with van der Waals surface area (Å²) in [7, 11) is 1.59. The lowest BCUT2D eigenvalue weighted by molar-refractivity contribution is -0.123. The third-order valence-corrected chi connectivity index (χ3v) is 5.31. The zero-order valence-electron chi connectivity index (χ0n) is 16.3. The number of fused-ring (bicyclic) bond motifs is 2. The van der Waals surface area contributed by atoms with Gasteiger partial charge in [-0.15, -0.1) is 0 Å². The van der Waals surface area contributed by atoms with Gasteiger partial charge in [0.25, 0.3) is 5.91 Å². The number of amides is 1. The first-order chi connectivity index (χ1) is 14.7. The van der Waals surface area contributed by atoms with Crippen LogP contribution in [-0.2, 0) is 4.79 Å². The molecule has 150 valence electrons. The molecule has 0 heterocycles. The van der Waals surface area contributed by atoms with Crippen LogP contribution in [0.1, 0.15) is 5.56 Å². The minimum Gasteiger partial charge on any atom is -0.497 e. The van der Waals surface area contributed by atoms with Crippen LogP contribution in [0.25, 0.3) is 21.5 Å². The fraction of sp³-hybridized carbons (Fsp3) is 0.0833. The van der Waals surface area contributed by atoms with Crippen molar-refractivity contribution in [3.05, 3.63) is 82.8 Å². The minimum atomic E-state index is -0.349. The zero-order valence-corrected chi connectivity index (χ0v) is 17.8. The van der Waals surface area contributed by atoms with E-state index in [2.05, 4.69) is 56.8 Å². The monoisotopic (exact) mass is 462 g/mol. The van der Waals surface area contributed by atoms with Crippen LogP contribution in [0.2, 0.25) is 0 Å². The van der Waals surface area contributed by atoms with Crippen LogP contribution in [0.15, 0.2) is 82.4 Å². The number of ether oxygens (including phenoxy) is 2. The summed E-state index contributed by atoms with van der Waals surface area (Å²) in [4.78, 5) is 12.2. The Morgan fingerprint density at radius 1 is 1.00 bits per heavy atom. The summed E-state index contributed by atoms with van der Waals surface area (Å²) >= 11 is 3.40. The summed E-state index contributed by atoms with van der Waals surface area (Å²) in [6.07, 6.45) is 1.69. The Kier molecular flexibility index (Phi) is 5.95. The van der Waals surface area contributed by atoms with Gasteiger partial charge in [0.2, 0.25) is 0 Å². The Balaban J connectivity index is 1.49. The fourth-order valence-electron chi connectivity index (χ4n) is 3.26. The molecule has 0 saturated heterocycles. The highest BCUT2D eigenvalue weighted by molar-refractivity contribution is 9.10. The van der Waals surface area contributed by atoms with E-state index < -0.39 is 0 Å². The van der Waals surface area contributed by atoms with Crippen molar-refractivity contribution in [3.63, 3.8) is 0 Å². The molecule has 5 nitrogen and oxygen atoms in total. The van der Waals surface area contributed by atoms with Crippen molar-refractivity contribution < 1.29 is 14.3 Å². The predicted molar refractivity (Wildman–Crippen MR) is 123 cm³/mol. The van der Waals surface area contributed by atoms with E-state index in [1.807, 2.05) is 24.3 Å². The maximum Gasteiger partial charge on any atom is 0.277 e. The lowest BCUT2D eigenvalue weighted by Crippen LogP contribution is -2.24. The SMILES string of the molecule is COc1ccc(OCC(=O)N/N=C\c2c3ccccc3cc3ccccc23)c(Br)c1. The molecule has 0 unspecified atom stereocenters. The quantitative estimate of drug-likeness (QED) is 0.240. The standard InChI is InChI=1S/C24H19BrN2O3/c1-29-18-10-11-23(22(25)13-18)30-15-24(28)27-26-14-21-19-8-4-2-6-16(19)12-17-7-3-5-9-20(17)21/h2-14H,15H2,1H3,(H,27,28)/b26-14-. The number of methoxy groups -OCH3 is 1. The van der Waals surface area contributed by atoms with Crippen molar-refractivity contribution in [2.45, 2.75) is 0 Å². The largest absolute Gasteiger partial charge is 0.497 e. The third kappa shape index (κ3) is 4.28. The number of nitrogens with zero attached hydrogens (tertiary/aromatic N) is 1. The van der Waals surface area contributed by atoms with E-state index in [9.17, 15) is 4.79 Å². The average molecular weight is 463 g/mol. The first kappa shape index (κ1) is 19.9. The van der Waals surface area contributed by atoms with Gasteiger partial charge in [0, 0.05) is 5.56 Å². The molecule has 4 aromatic carbocycles. The molecule has 0 aromatic heterocycles. The molecule has 0 aliphatic carbocycles. The summed E-state index contributed by atoms with van der Waals surface area (Å²) in [6.45, 7) is -0.154. The van der Waals surface area contributed by atoms with Crippen LogP contribution in [0.4, 0.5) is 0 Å². The number of hydrazone groups is 1. The highest BCUT2D eigenvalue weighted by Crippen LogP contribution is 2.29. The van der Waals surface area contributed by atoms with Gasteiger partial charge < -0.3 is 9.47 Å². The van der Waals surface area contributed by atoms with Crippen LogP contribution in [0.3, 0.4) is 0 Å². The first-order valence-corrected chi connectivity index (χ1v) is 10.1. The molecule has 0 fully saturated rings. The van der Waals surface area contributed by atoms with E-state index in [4.69, 9.17) is 9.47 Å². The van der Waals surface area contributed by atoms with Crippen LogP contribution in [0, 0.1) is 0 Å². The van der Waals surface area contributed by atoms with Gasteiger partial charge in [-0.3, -0.25) is 4.79 Å². The van der Waals surface area contributed by atoms with Gasteiger partial charge in [-0.2, -0.15) is 5.10 Å². The molecule has 0 aliphatic heterocycles. The molecule has 4 aromatic rings. The Morgan fingerprint density at radius 2 is 1.67 bits per heavy atom. The number of hydrogen-bond acceptors (Lipinski definition) is 4. The van der Waals surface area contributed by atoms with Crippen molar-refractivity contribution in [1.29, 1.82) is 0 Å². The predicted octanol–water partition coefficient (Wildman–Crippen LogP) is 5.29. The van der Waals surface area contributed by atoms with Crippen molar-refractivity contribution in [3.8, 4) is 11.5 Å². The highest BCUT2D eigenvalue weighted by atomic mass is 79.9. The molecule has 0 spiro atoms. The second-order valence-electron chi connectivity index (χ2n) is 6.61. The first-order valence-electron chi connectivity index (χ1n) is 9.34. The topological polar surface area (TPSA) is 59.9 Å². The highest BCUT2D eigenvalue weighted by Gasteiger charge is 2.08. The lowest BCUT2D eigenvalue weighted by Gasteiger charge is -2.09. The molecule has 0 atom stereocenters. The number of halogens is 1. The smallest absolute Gasteiger partial charge is 0.277 e. The molecule has 30 heavy (non-hydrogen) atoms. The zero-order chi connectivity index (χ0) is 20.9. The maximum atomic E-state index is 12.2. The summed E-state index contributed by atoms with van der Waals surface area (Å²) in [5.41, 5.74) is 3.50. The van der Waals surface area contributed by atoms with Gasteiger partial charge in [-0.05, 0) is 61.7 Å². The van der Waals surface area contributed by atoms with Crippen molar-refractivity contribution in [2.75, 3.05) is 13.7 Å². The molecule has 0 bridgehead atoms. The number of nitrogens with one attached hydrogen (secondary N) is 1. The molecule has 6 heteroatoms. The number of benzene rings is 4. The molecular formula is C24H19BrN2O3. The second kappa shape index (κ2) is 8.97. The van der Waals surface area contributed by atoms with Crippen molar-refractivity contribution in [2.24, 2.45) is 5.10 Å². The van der Waals surface area contributed by atoms with Crippen LogP contribution >= 0.6 is 15.9 Å². The number of hydrogen-bond donors (Lipinski definition) is 1. The summed E-state index contributed by atoms with van der Waals surface area (Å²) in [5.74, 6) is 0.902. The van der Waals surface area contributed by atoms with E-state index in [-0.39, 0.29) is 12.5 Å². The number of carbonyl (C=O) groups excluding carboxylic acids is 1. The van der Waals surface area contributed by atoms with E-state index in [0.29, 0.717) is 16.0 Å². The van der Waals surface area contributed by atoms with Gasteiger partial charge in [-0.25, -0.2) is 5.43 Å². The molecule has 1 N–H and O–H groups in total. The summed E-state index contributed by atoms with van der Waals surface area (Å²) < 4.78 is 11.4. The summed E-state index contributed by atoms with van der Waals surface area (Å²) in [5, 5.41) is 8.56. The normalized spacial score (nSPS) is 11.1. The van der Waals surface area contributed by atoms with Crippen LogP contribution in [0.5, 0.6) is 11.5 Å². The number of carbonyl (C=O) groups is 1.